The molecule has 0 unspecified atom stereocenters. The lowest BCUT2D eigenvalue weighted by molar-refractivity contribution is 0.249. The van der Waals surface area contributed by atoms with E-state index in [1.807, 2.05) is 24.3 Å². The molecular formula is C18H21N3O. The molecule has 3 N–H and O–H groups in total. The highest BCUT2D eigenvalue weighted by molar-refractivity contribution is 5.83. The molecule has 0 spiro atoms. The molecule has 0 aromatic heterocycles. The number of hydrogen-bond donors (Lipinski definition) is 2. The van der Waals surface area contributed by atoms with Crippen LogP contribution in [0.5, 0.6) is 0 Å². The van der Waals surface area contributed by atoms with E-state index in [4.69, 9.17) is 5.73 Å². The molecule has 2 amide bonds. The lowest BCUT2D eigenvalue weighted by Crippen LogP contribution is -2.24. The van der Waals surface area contributed by atoms with E-state index in [1.165, 1.54) is 5.56 Å². The summed E-state index contributed by atoms with van der Waals surface area (Å²) in [6.07, 6.45) is 1.57. The molecule has 0 saturated carbocycles. The third kappa shape index (κ3) is 4.19. The van der Waals surface area contributed by atoms with Crippen LogP contribution >= 0.6 is 0 Å². The van der Waals surface area contributed by atoms with E-state index in [1.54, 1.807) is 6.21 Å². The Morgan fingerprint density at radius 1 is 1.09 bits per heavy atom. The summed E-state index contributed by atoms with van der Waals surface area (Å²) < 4.78 is 0. The third-order valence-corrected chi connectivity index (χ3v) is 3.36. The number of carbonyl (C=O) groups excluding carboxylic acids is 1. The quantitative estimate of drug-likeness (QED) is 0.658. The molecule has 0 saturated heterocycles. The van der Waals surface area contributed by atoms with Crippen LogP contribution in [-0.4, -0.2) is 12.2 Å². The highest BCUT2D eigenvalue weighted by Crippen LogP contribution is 2.26. The molecular weight excluding hydrogens is 274 g/mol. The first kappa shape index (κ1) is 15.8. The Hall–Kier alpha value is -2.62. The molecule has 0 aliphatic rings. The number of primary amides is 1. The van der Waals surface area contributed by atoms with Gasteiger partial charge in [0.1, 0.15) is 0 Å². The van der Waals surface area contributed by atoms with E-state index in [-0.39, 0.29) is 5.41 Å². The van der Waals surface area contributed by atoms with E-state index < -0.39 is 6.03 Å². The van der Waals surface area contributed by atoms with E-state index in [0.29, 0.717) is 0 Å². The summed E-state index contributed by atoms with van der Waals surface area (Å²) >= 11 is 0. The number of nitrogens with zero attached hydrogens (tertiary/aromatic N) is 1. The van der Waals surface area contributed by atoms with Gasteiger partial charge in [-0.05, 0) is 33.7 Å². The molecule has 2 aromatic rings. The maximum atomic E-state index is 10.6. The van der Waals surface area contributed by atoms with Crippen LogP contribution in [0.2, 0.25) is 0 Å². The fourth-order valence-corrected chi connectivity index (χ4v) is 2.13. The van der Waals surface area contributed by atoms with Gasteiger partial charge in [0.25, 0.3) is 0 Å². The number of hydrazone groups is 1. The van der Waals surface area contributed by atoms with Gasteiger partial charge in [-0.25, -0.2) is 10.2 Å². The molecule has 0 radical (unpaired) electrons. The fourth-order valence-electron chi connectivity index (χ4n) is 2.13. The number of hydrogen-bond acceptors (Lipinski definition) is 2. The van der Waals surface area contributed by atoms with Crippen molar-refractivity contribution < 1.29 is 4.79 Å². The first-order valence-electron chi connectivity index (χ1n) is 7.16. The number of nitrogens with two attached hydrogens (primary N) is 1. The molecule has 0 aliphatic heterocycles. The summed E-state index contributed by atoms with van der Waals surface area (Å²) in [6.45, 7) is 6.60. The minimum Gasteiger partial charge on any atom is -0.350 e. The van der Waals surface area contributed by atoms with Crippen molar-refractivity contribution in [2.75, 3.05) is 0 Å². The van der Waals surface area contributed by atoms with Crippen molar-refractivity contribution in [1.29, 1.82) is 0 Å². The predicted octanol–water partition coefficient (Wildman–Crippen LogP) is 3.65. The molecule has 22 heavy (non-hydrogen) atoms. The first-order chi connectivity index (χ1) is 10.4. The normalized spacial score (nSPS) is 11.6. The van der Waals surface area contributed by atoms with Gasteiger partial charge in [-0.15, -0.1) is 0 Å². The second kappa shape index (κ2) is 6.43. The van der Waals surface area contributed by atoms with Crippen LogP contribution in [0.15, 0.2) is 53.6 Å². The molecule has 4 heteroatoms. The lowest BCUT2D eigenvalue weighted by Gasteiger charge is -2.19. The monoisotopic (exact) mass is 295 g/mol. The Balaban J connectivity index is 2.22. The highest BCUT2D eigenvalue weighted by Gasteiger charge is 2.12. The molecule has 2 aromatic carbocycles. The summed E-state index contributed by atoms with van der Waals surface area (Å²) in [5.41, 5.74) is 11.7. The first-order valence-corrected chi connectivity index (χ1v) is 7.16. The summed E-state index contributed by atoms with van der Waals surface area (Å²) in [6, 6.07) is 15.8. The van der Waals surface area contributed by atoms with E-state index in [9.17, 15) is 4.79 Å². The van der Waals surface area contributed by atoms with E-state index in [2.05, 4.69) is 55.6 Å². The number of amides is 2. The maximum Gasteiger partial charge on any atom is 0.332 e. The Labute approximate surface area is 131 Å². The van der Waals surface area contributed by atoms with Gasteiger partial charge in [0, 0.05) is 0 Å². The van der Waals surface area contributed by atoms with Crippen molar-refractivity contribution in [3.8, 4) is 11.1 Å². The van der Waals surface area contributed by atoms with Gasteiger partial charge in [0.2, 0.25) is 0 Å². The largest absolute Gasteiger partial charge is 0.350 e. The predicted molar refractivity (Wildman–Crippen MR) is 90.9 cm³/mol. The fraction of sp³-hybridized carbons (Fsp3) is 0.222. The van der Waals surface area contributed by atoms with Crippen LogP contribution in [0.1, 0.15) is 31.9 Å². The maximum absolute atomic E-state index is 10.6. The van der Waals surface area contributed by atoms with Crippen LogP contribution in [0, 0.1) is 0 Å². The van der Waals surface area contributed by atoms with Gasteiger partial charge < -0.3 is 5.73 Å². The van der Waals surface area contributed by atoms with Gasteiger partial charge >= 0.3 is 6.03 Å². The zero-order valence-corrected chi connectivity index (χ0v) is 13.1. The number of urea groups is 1. The van der Waals surface area contributed by atoms with Gasteiger partial charge in [-0.3, -0.25) is 0 Å². The molecule has 2 rings (SSSR count). The number of carbonyl (C=O) groups is 1. The van der Waals surface area contributed by atoms with Crippen LogP contribution < -0.4 is 11.2 Å². The van der Waals surface area contributed by atoms with E-state index in [0.717, 1.165) is 16.7 Å². The van der Waals surface area contributed by atoms with Crippen molar-refractivity contribution in [1.82, 2.24) is 5.43 Å². The highest BCUT2D eigenvalue weighted by atomic mass is 16.2. The Bertz CT molecular complexity index is 682. The average Bonchev–Trinajstić information content (AvgIpc) is 2.46. The van der Waals surface area contributed by atoms with Crippen molar-refractivity contribution in [3.05, 3.63) is 59.7 Å². The standard InChI is InChI=1S/C18H21N3O/c1-18(2,3)16-9-7-14(8-10-16)15-6-4-5-13(11-15)12-20-21-17(19)22/h4-12H,1-3H3,(H3,19,21,22). The van der Waals surface area contributed by atoms with Crippen molar-refractivity contribution >= 4 is 12.2 Å². The molecule has 0 heterocycles. The zero-order valence-electron chi connectivity index (χ0n) is 13.1. The molecule has 0 bridgehead atoms. The number of nitrogens with one attached hydrogen (secondary N) is 1. The minimum absolute atomic E-state index is 0.146. The third-order valence-electron chi connectivity index (χ3n) is 3.36. The summed E-state index contributed by atoms with van der Waals surface area (Å²) in [5, 5.41) is 3.77. The summed E-state index contributed by atoms with van der Waals surface area (Å²) in [7, 11) is 0. The van der Waals surface area contributed by atoms with Gasteiger partial charge in [0.15, 0.2) is 0 Å². The van der Waals surface area contributed by atoms with Crippen LogP contribution in [0.3, 0.4) is 0 Å². The second-order valence-electron chi connectivity index (χ2n) is 6.19. The van der Waals surface area contributed by atoms with Crippen LogP contribution in [-0.2, 0) is 5.41 Å². The van der Waals surface area contributed by atoms with Crippen LogP contribution in [0.4, 0.5) is 4.79 Å². The smallest absolute Gasteiger partial charge is 0.332 e. The lowest BCUT2D eigenvalue weighted by atomic mass is 9.86. The Morgan fingerprint density at radius 3 is 2.36 bits per heavy atom. The molecule has 0 fully saturated rings. The number of rotatable bonds is 3. The van der Waals surface area contributed by atoms with E-state index >= 15 is 0 Å². The second-order valence-corrected chi connectivity index (χ2v) is 6.19. The molecule has 114 valence electrons. The SMILES string of the molecule is CC(C)(C)c1ccc(-c2cccc(C=NNC(N)=O)c2)cc1. The van der Waals surface area contributed by atoms with Crippen molar-refractivity contribution in [3.63, 3.8) is 0 Å². The van der Waals surface area contributed by atoms with Crippen LogP contribution in [0.25, 0.3) is 11.1 Å². The minimum atomic E-state index is -0.676. The zero-order chi connectivity index (χ0) is 16.2. The Morgan fingerprint density at radius 2 is 1.77 bits per heavy atom. The van der Waals surface area contributed by atoms with Gasteiger partial charge in [0.05, 0.1) is 6.21 Å². The van der Waals surface area contributed by atoms with Gasteiger partial charge in [-0.2, -0.15) is 5.10 Å². The summed E-state index contributed by atoms with van der Waals surface area (Å²) in [4.78, 5) is 10.6. The van der Waals surface area contributed by atoms with Crippen molar-refractivity contribution in [2.45, 2.75) is 26.2 Å². The average molecular weight is 295 g/mol. The molecule has 0 atom stereocenters. The molecule has 0 aliphatic carbocycles. The van der Waals surface area contributed by atoms with Gasteiger partial charge in [-0.1, -0.05) is 63.2 Å². The topological polar surface area (TPSA) is 67.5 Å². The number of benzene rings is 2. The van der Waals surface area contributed by atoms with Crippen molar-refractivity contribution in [2.24, 2.45) is 10.8 Å². The summed E-state index contributed by atoms with van der Waals surface area (Å²) in [5.74, 6) is 0. The molecule has 4 nitrogen and oxygen atoms in total. The Kier molecular flexibility index (Phi) is 4.61.